The number of carbonyl (C=O) groups is 2. The van der Waals surface area contributed by atoms with Crippen LogP contribution in [-0.2, 0) is 9.53 Å². The molecule has 0 bridgehead atoms. The average molecular weight is 281 g/mol. The van der Waals surface area contributed by atoms with E-state index >= 15 is 0 Å². The Morgan fingerprint density at radius 3 is 2.20 bits per heavy atom. The lowest BCUT2D eigenvalue weighted by molar-refractivity contribution is -0.139. The van der Waals surface area contributed by atoms with E-state index in [1.54, 1.807) is 18.2 Å². The second kappa shape index (κ2) is 13.6. The van der Waals surface area contributed by atoms with Gasteiger partial charge in [0.05, 0.1) is 7.11 Å². The van der Waals surface area contributed by atoms with Crippen LogP contribution < -0.4 is 5.32 Å². The van der Waals surface area contributed by atoms with Gasteiger partial charge in [-0.25, -0.2) is 0 Å². The fraction of sp³-hybridized carbons (Fsp3) is 0.500. The summed E-state index contributed by atoms with van der Waals surface area (Å²) < 4.78 is 4.41. The van der Waals surface area contributed by atoms with E-state index in [1.807, 2.05) is 26.8 Å². The summed E-state index contributed by atoms with van der Waals surface area (Å²) in [5, 5.41) is 2.46. The van der Waals surface area contributed by atoms with Crippen molar-refractivity contribution in [2.24, 2.45) is 0 Å². The second-order valence-electron chi connectivity index (χ2n) is 3.84. The first-order valence-electron chi connectivity index (χ1n) is 6.96. The van der Waals surface area contributed by atoms with Crippen molar-refractivity contribution in [3.63, 3.8) is 0 Å². The van der Waals surface area contributed by atoms with E-state index in [0.29, 0.717) is 5.56 Å². The Morgan fingerprint density at radius 2 is 1.75 bits per heavy atom. The van der Waals surface area contributed by atoms with Gasteiger partial charge < -0.3 is 10.1 Å². The van der Waals surface area contributed by atoms with Crippen LogP contribution in [0.2, 0.25) is 0 Å². The zero-order valence-electron chi connectivity index (χ0n) is 13.4. The van der Waals surface area contributed by atoms with Crippen LogP contribution in [0, 0.1) is 6.92 Å². The number of hydrogen-bond donors (Lipinski definition) is 1. The Bertz CT molecular complexity index is 389. The number of ether oxygens (including phenoxy) is 1. The number of methoxy groups -OCH3 is 1. The molecule has 0 aliphatic carbocycles. The summed E-state index contributed by atoms with van der Waals surface area (Å²) in [6, 6.07) is 7.14. The van der Waals surface area contributed by atoms with Crippen LogP contribution in [0.1, 0.15) is 50.0 Å². The predicted octanol–water partition coefficient (Wildman–Crippen LogP) is 3.34. The highest BCUT2D eigenvalue weighted by atomic mass is 16.5. The molecule has 0 aliphatic heterocycles. The summed E-state index contributed by atoms with van der Waals surface area (Å²) in [7, 11) is 1.28. The standard InChI is InChI=1S/C11H13NO3.C3H8.C2H6/c1-8-4-3-5-9(6-8)11(14)12-7-10(13)15-2;1-3-2;1-2/h3-6H,7H2,1-2H3,(H,12,14);3H2,1-2H3;1-2H3. The van der Waals surface area contributed by atoms with E-state index in [-0.39, 0.29) is 12.5 Å². The molecule has 0 atom stereocenters. The Morgan fingerprint density at radius 1 is 1.20 bits per heavy atom. The highest BCUT2D eigenvalue weighted by Crippen LogP contribution is 2.03. The van der Waals surface area contributed by atoms with Gasteiger partial charge in [0.25, 0.3) is 5.91 Å². The topological polar surface area (TPSA) is 55.4 Å². The molecule has 0 saturated carbocycles. The summed E-state index contributed by atoms with van der Waals surface area (Å²) >= 11 is 0. The lowest BCUT2D eigenvalue weighted by Crippen LogP contribution is -2.30. The van der Waals surface area contributed by atoms with E-state index in [0.717, 1.165) is 5.56 Å². The van der Waals surface area contributed by atoms with Gasteiger partial charge in [0.1, 0.15) is 6.54 Å². The molecule has 1 rings (SSSR count). The second-order valence-corrected chi connectivity index (χ2v) is 3.84. The van der Waals surface area contributed by atoms with Crippen molar-refractivity contribution < 1.29 is 14.3 Å². The molecule has 0 aliphatic rings. The number of rotatable bonds is 3. The minimum Gasteiger partial charge on any atom is -0.468 e. The van der Waals surface area contributed by atoms with Crippen LogP contribution in [0.25, 0.3) is 0 Å². The molecule has 0 heterocycles. The normalized spacial score (nSPS) is 8.30. The average Bonchev–Trinajstić information content (AvgIpc) is 2.47. The Labute approximate surface area is 122 Å². The van der Waals surface area contributed by atoms with Gasteiger partial charge in [-0.05, 0) is 19.1 Å². The van der Waals surface area contributed by atoms with Crippen LogP contribution in [0.4, 0.5) is 0 Å². The van der Waals surface area contributed by atoms with Crippen LogP contribution in [-0.4, -0.2) is 25.5 Å². The molecule has 0 saturated heterocycles. The molecule has 0 fully saturated rings. The van der Waals surface area contributed by atoms with Gasteiger partial charge in [0.15, 0.2) is 0 Å². The number of amides is 1. The molecule has 4 heteroatoms. The highest BCUT2D eigenvalue weighted by molar-refractivity contribution is 5.96. The first-order chi connectivity index (χ1) is 9.54. The van der Waals surface area contributed by atoms with Crippen molar-refractivity contribution >= 4 is 11.9 Å². The first kappa shape index (κ1) is 20.5. The molecular formula is C16H27NO3. The molecule has 0 aromatic heterocycles. The number of carbonyl (C=O) groups excluding carboxylic acids is 2. The molecule has 1 amide bonds. The molecule has 4 nitrogen and oxygen atoms in total. The maximum absolute atomic E-state index is 11.5. The minimum atomic E-state index is -0.462. The largest absolute Gasteiger partial charge is 0.468 e. The number of esters is 1. The number of aryl methyl sites for hydroxylation is 1. The molecule has 20 heavy (non-hydrogen) atoms. The lowest BCUT2D eigenvalue weighted by Gasteiger charge is -2.04. The fourth-order valence-electron chi connectivity index (χ4n) is 1.11. The molecule has 0 spiro atoms. The first-order valence-corrected chi connectivity index (χ1v) is 6.96. The summed E-state index contributed by atoms with van der Waals surface area (Å²) in [6.07, 6.45) is 1.25. The molecular weight excluding hydrogens is 254 g/mol. The number of benzene rings is 1. The van der Waals surface area contributed by atoms with Crippen LogP contribution in [0.15, 0.2) is 24.3 Å². The van der Waals surface area contributed by atoms with E-state index in [9.17, 15) is 9.59 Å². The zero-order chi connectivity index (χ0) is 16.0. The summed E-state index contributed by atoms with van der Waals surface area (Å²) in [5.74, 6) is -0.736. The van der Waals surface area contributed by atoms with Gasteiger partial charge in [0.2, 0.25) is 0 Å². The molecule has 1 N–H and O–H groups in total. The molecule has 0 unspecified atom stereocenters. The Hall–Kier alpha value is -1.84. The van der Waals surface area contributed by atoms with Gasteiger partial charge in [-0.1, -0.05) is 51.8 Å². The predicted molar refractivity (Wildman–Crippen MR) is 82.8 cm³/mol. The van der Waals surface area contributed by atoms with Crippen molar-refractivity contribution in [1.82, 2.24) is 5.32 Å². The minimum absolute atomic E-state index is 0.108. The monoisotopic (exact) mass is 281 g/mol. The molecule has 114 valence electrons. The summed E-state index contributed by atoms with van der Waals surface area (Å²) in [4.78, 5) is 22.3. The third kappa shape index (κ3) is 10.1. The van der Waals surface area contributed by atoms with Crippen molar-refractivity contribution in [3.05, 3.63) is 35.4 Å². The SMILES string of the molecule is CC.CCC.COC(=O)CNC(=O)c1cccc(C)c1. The number of hydrogen-bond acceptors (Lipinski definition) is 3. The van der Waals surface area contributed by atoms with Crippen LogP contribution in [0.3, 0.4) is 0 Å². The zero-order valence-corrected chi connectivity index (χ0v) is 13.4. The Kier molecular flexibility index (Phi) is 13.9. The van der Waals surface area contributed by atoms with Crippen LogP contribution in [0.5, 0.6) is 0 Å². The van der Waals surface area contributed by atoms with Gasteiger partial charge in [-0.3, -0.25) is 9.59 Å². The van der Waals surface area contributed by atoms with Crippen LogP contribution >= 0.6 is 0 Å². The Balaban J connectivity index is 0. The van der Waals surface area contributed by atoms with Crippen molar-refractivity contribution in [2.45, 2.75) is 41.0 Å². The lowest BCUT2D eigenvalue weighted by atomic mass is 10.1. The maximum atomic E-state index is 11.5. The van der Waals surface area contributed by atoms with E-state index in [4.69, 9.17) is 0 Å². The quantitative estimate of drug-likeness (QED) is 0.864. The van der Waals surface area contributed by atoms with Gasteiger partial charge in [-0.15, -0.1) is 0 Å². The maximum Gasteiger partial charge on any atom is 0.325 e. The van der Waals surface area contributed by atoms with E-state index in [1.165, 1.54) is 13.5 Å². The molecule has 1 aromatic carbocycles. The van der Waals surface area contributed by atoms with Gasteiger partial charge in [-0.2, -0.15) is 0 Å². The van der Waals surface area contributed by atoms with Crippen molar-refractivity contribution in [1.29, 1.82) is 0 Å². The van der Waals surface area contributed by atoms with Crippen molar-refractivity contribution in [2.75, 3.05) is 13.7 Å². The highest BCUT2D eigenvalue weighted by Gasteiger charge is 2.07. The van der Waals surface area contributed by atoms with Gasteiger partial charge >= 0.3 is 5.97 Å². The van der Waals surface area contributed by atoms with E-state index < -0.39 is 5.97 Å². The molecule has 0 radical (unpaired) electrons. The summed E-state index contributed by atoms with van der Waals surface area (Å²) in [5.41, 5.74) is 1.54. The summed E-state index contributed by atoms with van der Waals surface area (Å²) in [6.45, 7) is 10.0. The molecule has 1 aromatic rings. The number of nitrogens with one attached hydrogen (secondary N) is 1. The third-order valence-electron chi connectivity index (χ3n) is 1.90. The third-order valence-corrected chi connectivity index (χ3v) is 1.90. The van der Waals surface area contributed by atoms with Crippen molar-refractivity contribution in [3.8, 4) is 0 Å². The van der Waals surface area contributed by atoms with E-state index in [2.05, 4.69) is 23.9 Å². The fourth-order valence-corrected chi connectivity index (χ4v) is 1.11. The smallest absolute Gasteiger partial charge is 0.325 e. The van der Waals surface area contributed by atoms with Gasteiger partial charge in [0, 0.05) is 5.56 Å².